The van der Waals surface area contributed by atoms with Crippen molar-refractivity contribution in [1.82, 2.24) is 0 Å². The third-order valence-electron chi connectivity index (χ3n) is 2.31. The minimum Gasteiger partial charge on any atom is -0.480 e. The molecule has 0 aliphatic heterocycles. The van der Waals surface area contributed by atoms with E-state index in [1.54, 1.807) is 0 Å². The van der Waals surface area contributed by atoms with Crippen LogP contribution >= 0.6 is 22.6 Å². The Morgan fingerprint density at radius 1 is 1.80 bits per heavy atom. The Balaban J connectivity index is 2.75. The summed E-state index contributed by atoms with van der Waals surface area (Å²) in [6.07, 6.45) is 2.97. The van der Waals surface area contributed by atoms with E-state index in [-0.39, 0.29) is 0 Å². The van der Waals surface area contributed by atoms with Gasteiger partial charge in [0.1, 0.15) is 3.42 Å². The van der Waals surface area contributed by atoms with Crippen molar-refractivity contribution in [2.24, 2.45) is 5.92 Å². The SMILES string of the molecule is CC1CCCC1(I)C(=O)O. The molecule has 1 aliphatic carbocycles. The summed E-state index contributed by atoms with van der Waals surface area (Å²) in [6.45, 7) is 2.02. The molecule has 0 amide bonds. The second kappa shape index (κ2) is 2.68. The Labute approximate surface area is 74.1 Å². The lowest BCUT2D eigenvalue weighted by molar-refractivity contribution is -0.140. The van der Waals surface area contributed by atoms with Gasteiger partial charge < -0.3 is 5.11 Å². The number of halogens is 1. The molecule has 2 atom stereocenters. The number of hydrogen-bond acceptors (Lipinski definition) is 1. The summed E-state index contributed by atoms with van der Waals surface area (Å²) < 4.78 is -0.461. The minimum atomic E-state index is -0.641. The fourth-order valence-electron chi connectivity index (χ4n) is 1.46. The lowest BCUT2D eigenvalue weighted by Crippen LogP contribution is -2.33. The molecular weight excluding hydrogens is 243 g/mol. The van der Waals surface area contributed by atoms with Gasteiger partial charge in [-0.2, -0.15) is 0 Å². The number of rotatable bonds is 1. The van der Waals surface area contributed by atoms with Crippen molar-refractivity contribution in [2.45, 2.75) is 29.6 Å². The van der Waals surface area contributed by atoms with Gasteiger partial charge in [-0.3, -0.25) is 4.79 Å². The van der Waals surface area contributed by atoms with Crippen LogP contribution in [0.3, 0.4) is 0 Å². The van der Waals surface area contributed by atoms with Crippen LogP contribution in [-0.2, 0) is 4.79 Å². The number of carboxylic acids is 1. The molecule has 0 heterocycles. The quantitative estimate of drug-likeness (QED) is 0.574. The molecule has 0 spiro atoms. The standard InChI is InChI=1S/C7H11IO2/c1-5-3-2-4-7(5,8)6(9)10/h5H,2-4H2,1H3,(H,9,10). The monoisotopic (exact) mass is 254 g/mol. The normalized spacial score (nSPS) is 40.0. The Morgan fingerprint density at radius 2 is 2.40 bits per heavy atom. The topological polar surface area (TPSA) is 37.3 Å². The Bertz CT molecular complexity index is 158. The van der Waals surface area contributed by atoms with Crippen molar-refractivity contribution >= 4 is 28.6 Å². The van der Waals surface area contributed by atoms with Gasteiger partial charge in [-0.1, -0.05) is 35.9 Å². The van der Waals surface area contributed by atoms with Gasteiger partial charge >= 0.3 is 5.97 Å². The zero-order valence-electron chi connectivity index (χ0n) is 5.93. The second-order valence-electron chi connectivity index (χ2n) is 2.96. The molecule has 1 saturated carbocycles. The maximum Gasteiger partial charge on any atom is 0.319 e. The van der Waals surface area contributed by atoms with Gasteiger partial charge in [0, 0.05) is 0 Å². The molecule has 1 rings (SSSR count). The maximum atomic E-state index is 10.7. The van der Waals surface area contributed by atoms with Gasteiger partial charge in [0.15, 0.2) is 0 Å². The predicted molar refractivity (Wildman–Crippen MR) is 47.4 cm³/mol. The van der Waals surface area contributed by atoms with Gasteiger partial charge in [-0.25, -0.2) is 0 Å². The minimum absolute atomic E-state index is 0.339. The first-order valence-electron chi connectivity index (χ1n) is 3.49. The maximum absolute atomic E-state index is 10.7. The highest BCUT2D eigenvalue weighted by Gasteiger charge is 2.44. The fourth-order valence-corrected chi connectivity index (χ4v) is 2.15. The van der Waals surface area contributed by atoms with E-state index < -0.39 is 9.39 Å². The van der Waals surface area contributed by atoms with E-state index in [0.717, 1.165) is 19.3 Å². The second-order valence-corrected chi connectivity index (χ2v) is 4.89. The Morgan fingerprint density at radius 3 is 2.60 bits per heavy atom. The molecule has 0 bridgehead atoms. The molecule has 58 valence electrons. The van der Waals surface area contributed by atoms with Crippen molar-refractivity contribution in [1.29, 1.82) is 0 Å². The molecule has 0 aromatic rings. The van der Waals surface area contributed by atoms with Crippen molar-refractivity contribution in [3.8, 4) is 0 Å². The van der Waals surface area contributed by atoms with Gasteiger partial charge in [-0.05, 0) is 18.8 Å². The first kappa shape index (κ1) is 8.30. The molecule has 2 nitrogen and oxygen atoms in total. The van der Waals surface area contributed by atoms with Gasteiger partial charge in [-0.15, -0.1) is 0 Å². The number of alkyl halides is 1. The fraction of sp³-hybridized carbons (Fsp3) is 0.857. The van der Waals surface area contributed by atoms with Crippen LogP contribution in [0.4, 0.5) is 0 Å². The van der Waals surface area contributed by atoms with E-state index in [9.17, 15) is 4.79 Å². The van der Waals surface area contributed by atoms with Crippen LogP contribution in [0.5, 0.6) is 0 Å². The number of carbonyl (C=O) groups is 1. The van der Waals surface area contributed by atoms with Crippen LogP contribution in [0, 0.1) is 5.92 Å². The molecule has 1 aliphatic rings. The van der Waals surface area contributed by atoms with E-state index in [0.29, 0.717) is 5.92 Å². The molecule has 1 N–H and O–H groups in total. The van der Waals surface area contributed by atoms with Crippen molar-refractivity contribution < 1.29 is 9.90 Å². The number of carboxylic acid groups (broad SMARTS) is 1. The van der Waals surface area contributed by atoms with Crippen LogP contribution in [0.15, 0.2) is 0 Å². The molecule has 0 saturated heterocycles. The molecule has 0 aromatic heterocycles. The van der Waals surface area contributed by atoms with Gasteiger partial charge in [0.25, 0.3) is 0 Å². The first-order valence-corrected chi connectivity index (χ1v) is 4.57. The largest absolute Gasteiger partial charge is 0.480 e. The van der Waals surface area contributed by atoms with Crippen molar-refractivity contribution in [3.63, 3.8) is 0 Å². The van der Waals surface area contributed by atoms with Crippen LogP contribution in [0.2, 0.25) is 0 Å². The third-order valence-corrected chi connectivity index (χ3v) is 4.38. The molecule has 10 heavy (non-hydrogen) atoms. The highest BCUT2D eigenvalue weighted by Crippen LogP contribution is 2.42. The van der Waals surface area contributed by atoms with Crippen molar-refractivity contribution in [2.75, 3.05) is 0 Å². The van der Waals surface area contributed by atoms with E-state index in [1.165, 1.54) is 0 Å². The molecule has 0 aromatic carbocycles. The van der Waals surface area contributed by atoms with E-state index in [1.807, 2.05) is 6.92 Å². The Hall–Kier alpha value is 0.200. The zero-order chi connectivity index (χ0) is 7.78. The predicted octanol–water partition coefficient (Wildman–Crippen LogP) is 2.06. The summed E-state index contributed by atoms with van der Waals surface area (Å²) in [5.74, 6) is -0.302. The van der Waals surface area contributed by atoms with E-state index >= 15 is 0 Å². The molecule has 2 unspecified atom stereocenters. The molecule has 3 heteroatoms. The van der Waals surface area contributed by atoms with E-state index in [4.69, 9.17) is 5.11 Å². The first-order chi connectivity index (χ1) is 4.57. The van der Waals surface area contributed by atoms with E-state index in [2.05, 4.69) is 22.6 Å². The average molecular weight is 254 g/mol. The summed E-state index contributed by atoms with van der Waals surface area (Å²) in [4.78, 5) is 10.7. The summed E-state index contributed by atoms with van der Waals surface area (Å²) >= 11 is 2.08. The van der Waals surface area contributed by atoms with Crippen LogP contribution in [0.25, 0.3) is 0 Å². The lowest BCUT2D eigenvalue weighted by atomic mass is 9.99. The zero-order valence-corrected chi connectivity index (χ0v) is 8.09. The summed E-state index contributed by atoms with van der Waals surface area (Å²) in [6, 6.07) is 0. The highest BCUT2D eigenvalue weighted by atomic mass is 127. The lowest BCUT2D eigenvalue weighted by Gasteiger charge is -2.20. The molecule has 1 fully saturated rings. The van der Waals surface area contributed by atoms with Crippen LogP contribution in [-0.4, -0.2) is 14.5 Å². The summed E-state index contributed by atoms with van der Waals surface area (Å²) in [7, 11) is 0. The smallest absolute Gasteiger partial charge is 0.319 e. The summed E-state index contributed by atoms with van der Waals surface area (Å²) in [5, 5.41) is 8.84. The summed E-state index contributed by atoms with van der Waals surface area (Å²) in [5.41, 5.74) is 0. The number of aliphatic carboxylic acids is 1. The van der Waals surface area contributed by atoms with Crippen molar-refractivity contribution in [3.05, 3.63) is 0 Å². The van der Waals surface area contributed by atoms with Gasteiger partial charge in [0.05, 0.1) is 0 Å². The highest BCUT2D eigenvalue weighted by molar-refractivity contribution is 14.1. The number of hydrogen-bond donors (Lipinski definition) is 1. The molecule has 0 radical (unpaired) electrons. The molecular formula is C7H11IO2. The van der Waals surface area contributed by atoms with Gasteiger partial charge in [0.2, 0.25) is 0 Å². The van der Waals surface area contributed by atoms with Crippen LogP contribution in [0.1, 0.15) is 26.2 Å². The van der Waals surface area contributed by atoms with Crippen LogP contribution < -0.4 is 0 Å². The average Bonchev–Trinajstić information content (AvgIpc) is 2.15. The Kier molecular flexibility index (Phi) is 2.22. The third kappa shape index (κ3) is 1.15.